The molecule has 0 spiro atoms. The standard InChI is InChI=1S/C17H26N2O2.ClH/c1-4-17(5-2)14(11-15(17)21-3)19-16(20)10-12-6-8-13(18)9-7-12;/h6-9,14-15H,4-5,10-11,18H2,1-3H3,(H,19,20);1H. The Morgan fingerprint density at radius 1 is 1.32 bits per heavy atom. The molecule has 2 rings (SSSR count). The second kappa shape index (κ2) is 7.84. The summed E-state index contributed by atoms with van der Waals surface area (Å²) >= 11 is 0. The zero-order chi connectivity index (χ0) is 15.5. The molecule has 22 heavy (non-hydrogen) atoms. The highest BCUT2D eigenvalue weighted by Crippen LogP contribution is 2.48. The summed E-state index contributed by atoms with van der Waals surface area (Å²) in [5.74, 6) is 0.0746. The molecule has 0 bridgehead atoms. The number of ether oxygens (including phenoxy) is 1. The number of nitrogens with one attached hydrogen (secondary N) is 1. The van der Waals surface area contributed by atoms with Crippen molar-refractivity contribution in [3.63, 3.8) is 0 Å². The van der Waals surface area contributed by atoms with Crippen LogP contribution in [0.1, 0.15) is 38.7 Å². The first kappa shape index (κ1) is 18.8. The molecule has 4 nitrogen and oxygen atoms in total. The third-order valence-electron chi connectivity index (χ3n) is 5.07. The average Bonchev–Trinajstić information content (AvgIpc) is 2.47. The summed E-state index contributed by atoms with van der Waals surface area (Å²) in [7, 11) is 1.76. The van der Waals surface area contributed by atoms with Gasteiger partial charge in [0, 0.05) is 24.3 Å². The number of hydrogen-bond acceptors (Lipinski definition) is 3. The van der Waals surface area contributed by atoms with E-state index >= 15 is 0 Å². The van der Waals surface area contributed by atoms with E-state index in [-0.39, 0.29) is 35.9 Å². The van der Waals surface area contributed by atoms with Crippen LogP contribution >= 0.6 is 12.4 Å². The Morgan fingerprint density at radius 3 is 2.41 bits per heavy atom. The van der Waals surface area contributed by atoms with E-state index in [1.54, 1.807) is 7.11 Å². The highest BCUT2D eigenvalue weighted by atomic mass is 35.5. The second-order valence-electron chi connectivity index (χ2n) is 5.94. The number of halogens is 1. The van der Waals surface area contributed by atoms with Gasteiger partial charge in [0.05, 0.1) is 12.5 Å². The zero-order valence-electron chi connectivity index (χ0n) is 13.6. The third-order valence-corrected chi connectivity index (χ3v) is 5.07. The topological polar surface area (TPSA) is 64.4 Å². The fourth-order valence-corrected chi connectivity index (χ4v) is 3.55. The predicted octanol–water partition coefficient (Wildman–Crippen LogP) is 2.94. The van der Waals surface area contributed by atoms with Gasteiger partial charge >= 0.3 is 0 Å². The smallest absolute Gasteiger partial charge is 0.224 e. The molecular formula is C17H27ClN2O2. The van der Waals surface area contributed by atoms with Crippen LogP contribution in [0.2, 0.25) is 0 Å². The maximum Gasteiger partial charge on any atom is 0.224 e. The van der Waals surface area contributed by atoms with E-state index in [9.17, 15) is 4.79 Å². The van der Waals surface area contributed by atoms with Gasteiger partial charge in [0.25, 0.3) is 0 Å². The van der Waals surface area contributed by atoms with Crippen LogP contribution in [-0.4, -0.2) is 25.2 Å². The Hall–Kier alpha value is -1.26. The first-order valence-electron chi connectivity index (χ1n) is 7.72. The number of carbonyl (C=O) groups excluding carboxylic acids is 1. The predicted molar refractivity (Wildman–Crippen MR) is 92.2 cm³/mol. The molecule has 1 aromatic carbocycles. The summed E-state index contributed by atoms with van der Waals surface area (Å²) in [5, 5.41) is 3.19. The molecule has 0 heterocycles. The van der Waals surface area contributed by atoms with Crippen molar-refractivity contribution in [2.24, 2.45) is 5.41 Å². The summed E-state index contributed by atoms with van der Waals surface area (Å²) in [4.78, 5) is 12.2. The van der Waals surface area contributed by atoms with Gasteiger partial charge in [0.15, 0.2) is 0 Å². The maximum atomic E-state index is 12.2. The summed E-state index contributed by atoms with van der Waals surface area (Å²) < 4.78 is 5.56. The molecule has 2 unspecified atom stereocenters. The van der Waals surface area contributed by atoms with Crippen LogP contribution in [0.3, 0.4) is 0 Å². The lowest BCUT2D eigenvalue weighted by molar-refractivity contribution is -0.140. The van der Waals surface area contributed by atoms with Crippen molar-refractivity contribution >= 4 is 24.0 Å². The quantitative estimate of drug-likeness (QED) is 0.790. The molecule has 2 atom stereocenters. The molecule has 1 aliphatic rings. The minimum absolute atomic E-state index is 0. The van der Waals surface area contributed by atoms with Crippen molar-refractivity contribution in [1.82, 2.24) is 5.32 Å². The van der Waals surface area contributed by atoms with E-state index in [0.29, 0.717) is 6.42 Å². The number of benzene rings is 1. The van der Waals surface area contributed by atoms with Crippen LogP contribution in [0.4, 0.5) is 5.69 Å². The molecule has 0 saturated heterocycles. The summed E-state index contributed by atoms with van der Waals surface area (Å²) in [6.45, 7) is 4.35. The number of nitrogens with two attached hydrogens (primary N) is 1. The van der Waals surface area contributed by atoms with Gasteiger partial charge in [-0.15, -0.1) is 12.4 Å². The van der Waals surface area contributed by atoms with Crippen molar-refractivity contribution in [1.29, 1.82) is 0 Å². The fourth-order valence-electron chi connectivity index (χ4n) is 3.55. The number of anilines is 1. The van der Waals surface area contributed by atoms with Crippen LogP contribution < -0.4 is 11.1 Å². The monoisotopic (exact) mass is 326 g/mol. The molecule has 0 radical (unpaired) electrons. The van der Waals surface area contributed by atoms with E-state index in [1.165, 1.54) is 0 Å². The molecular weight excluding hydrogens is 300 g/mol. The van der Waals surface area contributed by atoms with E-state index in [4.69, 9.17) is 10.5 Å². The fraction of sp³-hybridized carbons (Fsp3) is 0.588. The molecule has 1 amide bonds. The van der Waals surface area contributed by atoms with Gasteiger partial charge in [-0.3, -0.25) is 4.79 Å². The molecule has 1 saturated carbocycles. The largest absolute Gasteiger partial charge is 0.399 e. The lowest BCUT2D eigenvalue weighted by Gasteiger charge is -2.55. The van der Waals surface area contributed by atoms with Crippen LogP contribution in [0, 0.1) is 5.41 Å². The van der Waals surface area contributed by atoms with E-state index in [2.05, 4.69) is 19.2 Å². The molecule has 1 fully saturated rings. The first-order chi connectivity index (χ1) is 10.1. The highest BCUT2D eigenvalue weighted by Gasteiger charge is 2.53. The number of rotatable bonds is 6. The van der Waals surface area contributed by atoms with Crippen molar-refractivity contribution in [2.45, 2.75) is 51.7 Å². The molecule has 5 heteroatoms. The van der Waals surface area contributed by atoms with Crippen molar-refractivity contribution < 1.29 is 9.53 Å². The Balaban J connectivity index is 0.00000242. The lowest BCUT2D eigenvalue weighted by Crippen LogP contribution is -2.64. The average molecular weight is 327 g/mol. The Bertz CT molecular complexity index is 486. The van der Waals surface area contributed by atoms with Gasteiger partial charge in [-0.2, -0.15) is 0 Å². The summed E-state index contributed by atoms with van der Waals surface area (Å²) in [5.41, 5.74) is 7.45. The minimum Gasteiger partial charge on any atom is -0.399 e. The summed E-state index contributed by atoms with van der Waals surface area (Å²) in [6.07, 6.45) is 3.61. The number of methoxy groups -OCH3 is 1. The highest BCUT2D eigenvalue weighted by molar-refractivity contribution is 5.85. The van der Waals surface area contributed by atoms with Crippen LogP contribution in [0.15, 0.2) is 24.3 Å². The van der Waals surface area contributed by atoms with Crippen molar-refractivity contribution in [2.75, 3.05) is 12.8 Å². The Labute approximate surface area is 139 Å². The van der Waals surface area contributed by atoms with E-state index in [0.717, 1.165) is 30.5 Å². The van der Waals surface area contributed by atoms with Crippen LogP contribution in [0.25, 0.3) is 0 Å². The molecule has 1 aliphatic carbocycles. The number of amides is 1. The molecule has 0 aromatic heterocycles. The van der Waals surface area contributed by atoms with E-state index < -0.39 is 0 Å². The number of hydrogen-bond donors (Lipinski definition) is 2. The molecule has 3 N–H and O–H groups in total. The van der Waals surface area contributed by atoms with Gasteiger partial charge < -0.3 is 15.8 Å². The van der Waals surface area contributed by atoms with Gasteiger partial charge in [0.2, 0.25) is 5.91 Å². The number of carbonyl (C=O) groups is 1. The Kier molecular flexibility index (Phi) is 6.69. The lowest BCUT2D eigenvalue weighted by atomic mass is 9.58. The van der Waals surface area contributed by atoms with Crippen molar-refractivity contribution in [3.05, 3.63) is 29.8 Å². The molecule has 124 valence electrons. The Morgan fingerprint density at radius 2 is 1.91 bits per heavy atom. The third kappa shape index (κ3) is 3.55. The van der Waals surface area contributed by atoms with Gasteiger partial charge in [-0.25, -0.2) is 0 Å². The first-order valence-corrected chi connectivity index (χ1v) is 7.72. The number of nitrogen functional groups attached to an aromatic ring is 1. The SMILES string of the molecule is CCC1(CC)C(NC(=O)Cc2ccc(N)cc2)CC1OC.Cl. The van der Waals surface area contributed by atoms with Crippen LogP contribution in [0.5, 0.6) is 0 Å². The van der Waals surface area contributed by atoms with Crippen molar-refractivity contribution in [3.8, 4) is 0 Å². The normalized spacial score (nSPS) is 22.3. The minimum atomic E-state index is 0. The zero-order valence-corrected chi connectivity index (χ0v) is 14.4. The summed E-state index contributed by atoms with van der Waals surface area (Å²) in [6, 6.07) is 7.69. The van der Waals surface area contributed by atoms with E-state index in [1.807, 2.05) is 24.3 Å². The van der Waals surface area contributed by atoms with Gasteiger partial charge in [-0.1, -0.05) is 26.0 Å². The van der Waals surface area contributed by atoms with Crippen LogP contribution in [-0.2, 0) is 16.0 Å². The van der Waals surface area contributed by atoms with Gasteiger partial charge in [0.1, 0.15) is 0 Å². The molecule has 0 aliphatic heterocycles. The second-order valence-corrected chi connectivity index (χ2v) is 5.94. The molecule has 1 aromatic rings. The van der Waals surface area contributed by atoms with Gasteiger partial charge in [-0.05, 0) is 37.0 Å². The maximum absolute atomic E-state index is 12.2.